The monoisotopic (exact) mass is 439 g/mol. The zero-order valence-corrected chi connectivity index (χ0v) is 18.2. The molecule has 4 N–H and O–H groups in total. The second-order valence-electron chi connectivity index (χ2n) is 7.59. The number of ether oxygens (including phenoxy) is 1. The van der Waals surface area contributed by atoms with Crippen molar-refractivity contribution in [2.75, 3.05) is 11.1 Å². The lowest BCUT2D eigenvalue weighted by Crippen LogP contribution is -2.39. The van der Waals surface area contributed by atoms with Crippen molar-refractivity contribution in [3.63, 3.8) is 0 Å². The summed E-state index contributed by atoms with van der Waals surface area (Å²) in [6.45, 7) is 4.01. The van der Waals surface area contributed by atoms with Crippen molar-refractivity contribution in [2.24, 2.45) is 5.92 Å². The molecule has 1 fully saturated rings. The first-order valence-corrected chi connectivity index (χ1v) is 11.1. The summed E-state index contributed by atoms with van der Waals surface area (Å²) in [5, 5.41) is 16.0. The maximum absolute atomic E-state index is 13.0. The maximum Gasteiger partial charge on any atom is 0.276 e. The second kappa shape index (κ2) is 9.09. The lowest BCUT2D eigenvalue weighted by atomic mass is 9.85. The van der Waals surface area contributed by atoms with Crippen LogP contribution in [0.2, 0.25) is 0 Å². The molecule has 4 rings (SSSR count). The smallest absolute Gasteiger partial charge is 0.276 e. The molecule has 1 aliphatic heterocycles. The Balaban J connectivity index is 1.59. The van der Waals surface area contributed by atoms with Crippen LogP contribution in [0.15, 0.2) is 42.2 Å². The van der Waals surface area contributed by atoms with E-state index in [9.17, 15) is 9.90 Å². The molecule has 0 radical (unpaired) electrons. The molecular weight excluding hydrogens is 414 g/mol. The SMILES string of the molecule is CCC1C(O)CC(c2ccncc2NC(=O)c2nc(-c3nccs3)ccc2N)OC1C. The zero-order chi connectivity index (χ0) is 22.0. The number of aromatic nitrogens is 3. The Bertz CT molecular complexity index is 1050. The standard InChI is InChI=1S/C22H25N5O3S/c1-3-13-12(2)30-19(10-18(13)28)14-6-7-24-11-17(14)27-21(29)20-15(23)4-5-16(26-20)22-25-8-9-31-22/h4-9,11-13,18-19,28H,3,10,23H2,1-2H3,(H,27,29). The summed E-state index contributed by atoms with van der Waals surface area (Å²) in [5.74, 6) is -0.352. The Labute approximate surface area is 184 Å². The van der Waals surface area contributed by atoms with Gasteiger partial charge in [0, 0.05) is 35.7 Å². The summed E-state index contributed by atoms with van der Waals surface area (Å²) >= 11 is 1.43. The van der Waals surface area contributed by atoms with Gasteiger partial charge in [0.15, 0.2) is 5.69 Å². The minimum absolute atomic E-state index is 0.0914. The first-order chi connectivity index (χ1) is 15.0. The van der Waals surface area contributed by atoms with Gasteiger partial charge in [-0.1, -0.05) is 6.92 Å². The Hall–Kier alpha value is -2.88. The molecule has 3 aromatic rings. The summed E-state index contributed by atoms with van der Waals surface area (Å²) in [6.07, 6.45) is 5.28. The van der Waals surface area contributed by atoms with Crippen LogP contribution in [0.1, 0.15) is 48.8 Å². The van der Waals surface area contributed by atoms with E-state index in [0.717, 1.165) is 12.0 Å². The summed E-state index contributed by atoms with van der Waals surface area (Å²) in [6, 6.07) is 5.19. The largest absolute Gasteiger partial charge is 0.397 e. The number of aliphatic hydroxyl groups is 1. The van der Waals surface area contributed by atoms with Crippen LogP contribution in [0.25, 0.3) is 10.7 Å². The van der Waals surface area contributed by atoms with E-state index in [1.807, 2.05) is 19.2 Å². The quantitative estimate of drug-likeness (QED) is 0.554. The third kappa shape index (κ3) is 4.43. The van der Waals surface area contributed by atoms with Gasteiger partial charge < -0.3 is 20.9 Å². The van der Waals surface area contributed by atoms with Crippen molar-refractivity contribution < 1.29 is 14.6 Å². The average molecular weight is 440 g/mol. The molecule has 0 aromatic carbocycles. The van der Waals surface area contributed by atoms with Gasteiger partial charge in [0.1, 0.15) is 5.01 Å². The molecule has 0 aliphatic carbocycles. The van der Waals surface area contributed by atoms with E-state index in [-0.39, 0.29) is 29.5 Å². The first kappa shape index (κ1) is 21.4. The van der Waals surface area contributed by atoms with E-state index in [1.54, 1.807) is 36.8 Å². The fourth-order valence-corrected chi connectivity index (χ4v) is 4.63. The fraction of sp³-hybridized carbons (Fsp3) is 0.364. The van der Waals surface area contributed by atoms with Crippen molar-refractivity contribution >= 4 is 28.6 Å². The predicted molar refractivity (Wildman–Crippen MR) is 120 cm³/mol. The number of pyridine rings is 2. The normalized spacial score (nSPS) is 23.5. The Kier molecular flexibility index (Phi) is 6.26. The highest BCUT2D eigenvalue weighted by molar-refractivity contribution is 7.13. The van der Waals surface area contributed by atoms with E-state index in [4.69, 9.17) is 10.5 Å². The lowest BCUT2D eigenvalue weighted by molar-refractivity contribution is -0.131. The number of carbonyl (C=O) groups is 1. The highest BCUT2D eigenvalue weighted by atomic mass is 32.1. The molecule has 3 aromatic heterocycles. The lowest BCUT2D eigenvalue weighted by Gasteiger charge is -2.38. The molecule has 162 valence electrons. The van der Waals surface area contributed by atoms with Gasteiger partial charge in [0.25, 0.3) is 5.91 Å². The van der Waals surface area contributed by atoms with E-state index >= 15 is 0 Å². The van der Waals surface area contributed by atoms with Gasteiger partial charge in [-0.2, -0.15) is 0 Å². The van der Waals surface area contributed by atoms with Gasteiger partial charge in [0.05, 0.1) is 41.6 Å². The number of aliphatic hydroxyl groups excluding tert-OH is 1. The fourth-order valence-electron chi connectivity index (χ4n) is 4.02. The highest BCUT2D eigenvalue weighted by Crippen LogP contribution is 2.38. The first-order valence-electron chi connectivity index (χ1n) is 10.2. The Morgan fingerprint density at radius 1 is 1.35 bits per heavy atom. The topological polar surface area (TPSA) is 123 Å². The number of hydrogen-bond donors (Lipinski definition) is 3. The van der Waals surface area contributed by atoms with Crippen LogP contribution in [-0.4, -0.2) is 38.2 Å². The van der Waals surface area contributed by atoms with Gasteiger partial charge in [-0.15, -0.1) is 11.3 Å². The number of rotatable bonds is 5. The molecular formula is C22H25N5O3S. The van der Waals surface area contributed by atoms with Gasteiger partial charge >= 0.3 is 0 Å². The zero-order valence-electron chi connectivity index (χ0n) is 17.4. The minimum Gasteiger partial charge on any atom is -0.397 e. The predicted octanol–water partition coefficient (Wildman–Crippen LogP) is 3.67. The van der Waals surface area contributed by atoms with Crippen LogP contribution < -0.4 is 11.1 Å². The van der Waals surface area contributed by atoms with Gasteiger partial charge in [-0.25, -0.2) is 9.97 Å². The number of nitrogens with two attached hydrogens (primary N) is 1. The Morgan fingerprint density at radius 3 is 2.90 bits per heavy atom. The van der Waals surface area contributed by atoms with E-state index in [2.05, 4.69) is 20.3 Å². The summed E-state index contributed by atoms with van der Waals surface area (Å²) in [5.41, 5.74) is 8.27. The van der Waals surface area contributed by atoms with Gasteiger partial charge in [-0.05, 0) is 31.5 Å². The Morgan fingerprint density at radius 2 is 2.19 bits per heavy atom. The summed E-state index contributed by atoms with van der Waals surface area (Å²) < 4.78 is 6.18. The van der Waals surface area contributed by atoms with Crippen molar-refractivity contribution in [1.82, 2.24) is 15.0 Å². The van der Waals surface area contributed by atoms with Crippen LogP contribution in [0, 0.1) is 5.92 Å². The third-order valence-corrected chi connectivity index (χ3v) is 6.44. The minimum atomic E-state index is -0.470. The molecule has 1 saturated heterocycles. The number of hydrogen-bond acceptors (Lipinski definition) is 8. The number of nitrogens with zero attached hydrogens (tertiary/aromatic N) is 3. The molecule has 0 saturated carbocycles. The number of thiazole rings is 1. The van der Waals surface area contributed by atoms with Crippen LogP contribution in [0.5, 0.6) is 0 Å². The summed E-state index contributed by atoms with van der Waals surface area (Å²) in [7, 11) is 0. The second-order valence-corrected chi connectivity index (χ2v) is 8.49. The van der Waals surface area contributed by atoms with Crippen molar-refractivity contribution in [1.29, 1.82) is 0 Å². The molecule has 1 aliphatic rings. The van der Waals surface area contributed by atoms with E-state index < -0.39 is 12.0 Å². The molecule has 31 heavy (non-hydrogen) atoms. The van der Waals surface area contributed by atoms with E-state index in [1.165, 1.54) is 11.3 Å². The number of anilines is 2. The van der Waals surface area contributed by atoms with Crippen molar-refractivity contribution in [3.8, 4) is 10.7 Å². The van der Waals surface area contributed by atoms with Gasteiger partial charge in [-0.3, -0.25) is 9.78 Å². The molecule has 4 atom stereocenters. The number of nitrogens with one attached hydrogen (secondary N) is 1. The molecule has 0 spiro atoms. The van der Waals surface area contributed by atoms with Crippen molar-refractivity contribution in [3.05, 3.63) is 53.4 Å². The van der Waals surface area contributed by atoms with Crippen LogP contribution in [0.3, 0.4) is 0 Å². The number of carbonyl (C=O) groups excluding carboxylic acids is 1. The highest BCUT2D eigenvalue weighted by Gasteiger charge is 2.35. The van der Waals surface area contributed by atoms with Crippen LogP contribution in [0.4, 0.5) is 11.4 Å². The van der Waals surface area contributed by atoms with Gasteiger partial charge in [0.2, 0.25) is 0 Å². The van der Waals surface area contributed by atoms with Crippen LogP contribution >= 0.6 is 11.3 Å². The number of amides is 1. The van der Waals surface area contributed by atoms with E-state index in [0.29, 0.717) is 22.8 Å². The molecule has 1 amide bonds. The summed E-state index contributed by atoms with van der Waals surface area (Å²) in [4.78, 5) is 25.8. The van der Waals surface area contributed by atoms with Crippen LogP contribution in [-0.2, 0) is 4.74 Å². The molecule has 8 nitrogen and oxygen atoms in total. The molecule has 9 heteroatoms. The molecule has 4 heterocycles. The average Bonchev–Trinajstić information content (AvgIpc) is 3.29. The maximum atomic E-state index is 13.0. The molecule has 0 bridgehead atoms. The third-order valence-electron chi connectivity index (χ3n) is 5.65. The molecule has 4 unspecified atom stereocenters. The number of nitrogen functional groups attached to an aromatic ring is 1. The van der Waals surface area contributed by atoms with Crippen molar-refractivity contribution in [2.45, 2.75) is 45.0 Å².